The number of hydrogen-bond donors (Lipinski definition) is 2. The van der Waals surface area contributed by atoms with Crippen LogP contribution in [0.25, 0.3) is 27.7 Å². The van der Waals surface area contributed by atoms with Gasteiger partial charge in [-0.2, -0.15) is 5.10 Å². The van der Waals surface area contributed by atoms with Gasteiger partial charge in [-0.25, -0.2) is 13.9 Å². The quantitative estimate of drug-likeness (QED) is 0.369. The Morgan fingerprint density at radius 1 is 1.12 bits per heavy atom. The summed E-state index contributed by atoms with van der Waals surface area (Å²) < 4.78 is 20.3. The summed E-state index contributed by atoms with van der Waals surface area (Å²) in [6, 6.07) is 15.0. The van der Waals surface area contributed by atoms with E-state index in [1.54, 1.807) is 49.8 Å². The first-order valence-corrected chi connectivity index (χ1v) is 10.3. The highest BCUT2D eigenvalue weighted by molar-refractivity contribution is 6.33. The Balaban J connectivity index is 1.61. The monoisotopic (exact) mass is 453 g/mol. The van der Waals surface area contributed by atoms with Gasteiger partial charge in [0.25, 0.3) is 0 Å². The molecule has 1 amide bonds. The summed E-state index contributed by atoms with van der Waals surface area (Å²) in [6.07, 6.45) is 1.13. The molecule has 0 aliphatic carbocycles. The number of halogens is 2. The highest BCUT2D eigenvalue weighted by Gasteiger charge is 2.17. The van der Waals surface area contributed by atoms with Crippen molar-refractivity contribution in [2.24, 2.45) is 0 Å². The third kappa shape index (κ3) is 4.53. The van der Waals surface area contributed by atoms with Crippen LogP contribution in [0.5, 0.6) is 5.75 Å². The molecule has 0 bridgehead atoms. The third-order valence-corrected chi connectivity index (χ3v) is 4.98. The van der Waals surface area contributed by atoms with Crippen LogP contribution in [0.4, 0.5) is 14.9 Å². The Hall–Kier alpha value is -3.58. The molecular weight excluding hydrogens is 433 g/mol. The number of phenolic OH excluding ortho intramolecular Hbond substituents is 1. The van der Waals surface area contributed by atoms with Crippen molar-refractivity contribution in [1.29, 1.82) is 0 Å². The molecule has 0 spiro atoms. The Morgan fingerprint density at radius 2 is 1.91 bits per heavy atom. The first kappa shape index (κ1) is 21.6. The van der Waals surface area contributed by atoms with Gasteiger partial charge in [0.1, 0.15) is 5.60 Å². The minimum atomic E-state index is -0.688. The SMILES string of the molecule is CC(C)(C)OC(=O)Nc1ccc(-c2ccc3c(cnn3-c3ccc(F)c(O)c3)c2)c(Cl)c1. The van der Waals surface area contributed by atoms with E-state index < -0.39 is 23.3 Å². The van der Waals surface area contributed by atoms with E-state index >= 15 is 0 Å². The second kappa shape index (κ2) is 8.16. The molecule has 0 fully saturated rings. The van der Waals surface area contributed by atoms with E-state index in [4.69, 9.17) is 16.3 Å². The number of carbonyl (C=O) groups is 1. The summed E-state index contributed by atoms with van der Waals surface area (Å²) in [5.74, 6) is -1.12. The lowest BCUT2D eigenvalue weighted by atomic mass is 10.0. The van der Waals surface area contributed by atoms with Crippen molar-refractivity contribution in [3.63, 3.8) is 0 Å². The van der Waals surface area contributed by atoms with Gasteiger partial charge in [0.2, 0.25) is 0 Å². The van der Waals surface area contributed by atoms with Crippen molar-refractivity contribution in [3.8, 4) is 22.6 Å². The lowest BCUT2D eigenvalue weighted by Gasteiger charge is -2.19. The molecule has 4 rings (SSSR count). The fourth-order valence-corrected chi connectivity index (χ4v) is 3.58. The van der Waals surface area contributed by atoms with Crippen LogP contribution in [-0.4, -0.2) is 26.6 Å². The van der Waals surface area contributed by atoms with E-state index in [0.717, 1.165) is 22.0 Å². The number of benzene rings is 3. The van der Waals surface area contributed by atoms with E-state index in [2.05, 4.69) is 10.4 Å². The lowest BCUT2D eigenvalue weighted by molar-refractivity contribution is 0.0636. The molecule has 0 saturated carbocycles. The smallest absolute Gasteiger partial charge is 0.412 e. The van der Waals surface area contributed by atoms with E-state index in [9.17, 15) is 14.3 Å². The number of aromatic nitrogens is 2. The Kier molecular flexibility index (Phi) is 5.52. The topological polar surface area (TPSA) is 76.4 Å². The molecule has 0 saturated heterocycles. The maximum atomic E-state index is 13.4. The van der Waals surface area contributed by atoms with Gasteiger partial charge in [0, 0.05) is 22.7 Å². The summed E-state index contributed by atoms with van der Waals surface area (Å²) in [5.41, 5.74) is 2.92. The number of rotatable bonds is 3. The molecule has 8 heteroatoms. The number of aromatic hydroxyl groups is 1. The molecule has 0 radical (unpaired) electrons. The van der Waals surface area contributed by atoms with Crippen LogP contribution in [0.15, 0.2) is 60.8 Å². The highest BCUT2D eigenvalue weighted by atomic mass is 35.5. The minimum absolute atomic E-state index is 0.436. The molecule has 0 atom stereocenters. The zero-order valence-corrected chi connectivity index (χ0v) is 18.4. The van der Waals surface area contributed by atoms with Gasteiger partial charge in [-0.3, -0.25) is 5.32 Å². The minimum Gasteiger partial charge on any atom is -0.505 e. The van der Waals surface area contributed by atoms with Crippen molar-refractivity contribution < 1.29 is 19.0 Å². The van der Waals surface area contributed by atoms with Gasteiger partial charge in [0.15, 0.2) is 11.6 Å². The number of anilines is 1. The summed E-state index contributed by atoms with van der Waals surface area (Å²) in [6.45, 7) is 5.37. The first-order chi connectivity index (χ1) is 15.1. The lowest BCUT2D eigenvalue weighted by Crippen LogP contribution is -2.27. The Bertz CT molecular complexity index is 1330. The summed E-state index contributed by atoms with van der Waals surface area (Å²) in [5, 5.41) is 18.0. The van der Waals surface area contributed by atoms with Gasteiger partial charge in [-0.1, -0.05) is 23.7 Å². The number of nitrogens with zero attached hydrogens (tertiary/aromatic N) is 2. The van der Waals surface area contributed by atoms with Crippen molar-refractivity contribution in [1.82, 2.24) is 9.78 Å². The number of fused-ring (bicyclic) bond motifs is 1. The molecule has 0 aliphatic rings. The summed E-state index contributed by atoms with van der Waals surface area (Å²) in [7, 11) is 0. The number of phenols is 1. The van der Waals surface area contributed by atoms with Crippen LogP contribution in [0, 0.1) is 5.82 Å². The fraction of sp³-hybridized carbons (Fsp3) is 0.167. The molecular formula is C24H21ClFN3O3. The predicted octanol–water partition coefficient (Wildman–Crippen LogP) is 6.54. The maximum Gasteiger partial charge on any atom is 0.412 e. The number of ether oxygens (including phenoxy) is 1. The van der Waals surface area contributed by atoms with Crippen molar-refractivity contribution in [3.05, 3.63) is 71.6 Å². The predicted molar refractivity (Wildman–Crippen MR) is 123 cm³/mol. The largest absolute Gasteiger partial charge is 0.505 e. The molecule has 164 valence electrons. The second-order valence-electron chi connectivity index (χ2n) is 8.29. The standard InChI is InChI=1S/C24H21ClFN3O3/c1-24(2,3)32-23(31)28-16-5-7-18(19(25)11-16)14-4-9-21-15(10-14)13-27-29(21)17-6-8-20(26)22(30)12-17/h4-13,30H,1-3H3,(H,28,31). The zero-order valence-electron chi connectivity index (χ0n) is 17.7. The number of hydrogen-bond acceptors (Lipinski definition) is 4. The van der Waals surface area contributed by atoms with Crippen LogP contribution in [0.1, 0.15) is 20.8 Å². The van der Waals surface area contributed by atoms with Crippen LogP contribution in [-0.2, 0) is 4.74 Å². The van der Waals surface area contributed by atoms with Crippen LogP contribution >= 0.6 is 11.6 Å². The van der Waals surface area contributed by atoms with E-state index in [-0.39, 0.29) is 0 Å². The molecule has 6 nitrogen and oxygen atoms in total. The van der Waals surface area contributed by atoms with E-state index in [0.29, 0.717) is 16.4 Å². The van der Waals surface area contributed by atoms with Crippen LogP contribution in [0.2, 0.25) is 5.02 Å². The zero-order chi connectivity index (χ0) is 23.0. The van der Waals surface area contributed by atoms with E-state index in [1.165, 1.54) is 12.1 Å². The first-order valence-electron chi connectivity index (χ1n) is 9.87. The van der Waals surface area contributed by atoms with Crippen LogP contribution in [0.3, 0.4) is 0 Å². The molecule has 4 aromatic rings. The average Bonchev–Trinajstić information content (AvgIpc) is 3.12. The normalized spacial score (nSPS) is 11.5. The fourth-order valence-electron chi connectivity index (χ4n) is 3.29. The Labute approximate surface area is 189 Å². The third-order valence-electron chi connectivity index (χ3n) is 4.67. The number of amides is 1. The highest BCUT2D eigenvalue weighted by Crippen LogP contribution is 2.33. The molecule has 0 aliphatic heterocycles. The number of carbonyl (C=O) groups excluding carboxylic acids is 1. The summed E-state index contributed by atoms with van der Waals surface area (Å²) in [4.78, 5) is 12.0. The number of nitrogens with one attached hydrogen (secondary N) is 1. The molecule has 1 heterocycles. The summed E-state index contributed by atoms with van der Waals surface area (Å²) >= 11 is 6.49. The average molecular weight is 454 g/mol. The van der Waals surface area contributed by atoms with Gasteiger partial charge in [-0.05, 0) is 62.7 Å². The molecule has 32 heavy (non-hydrogen) atoms. The molecule has 0 unspecified atom stereocenters. The van der Waals surface area contributed by atoms with E-state index in [1.807, 2.05) is 24.3 Å². The maximum absolute atomic E-state index is 13.4. The van der Waals surface area contributed by atoms with Gasteiger partial charge in [0.05, 0.1) is 22.4 Å². The Morgan fingerprint density at radius 3 is 2.59 bits per heavy atom. The molecule has 2 N–H and O–H groups in total. The van der Waals surface area contributed by atoms with Crippen molar-refractivity contribution in [2.75, 3.05) is 5.32 Å². The molecule has 1 aromatic heterocycles. The van der Waals surface area contributed by atoms with Gasteiger partial charge in [-0.15, -0.1) is 0 Å². The van der Waals surface area contributed by atoms with Crippen molar-refractivity contribution >= 4 is 34.3 Å². The second-order valence-corrected chi connectivity index (χ2v) is 8.69. The van der Waals surface area contributed by atoms with Crippen LogP contribution < -0.4 is 5.32 Å². The van der Waals surface area contributed by atoms with Gasteiger partial charge < -0.3 is 9.84 Å². The van der Waals surface area contributed by atoms with Crippen molar-refractivity contribution in [2.45, 2.75) is 26.4 Å². The molecule has 3 aromatic carbocycles. The van der Waals surface area contributed by atoms with Gasteiger partial charge >= 0.3 is 6.09 Å².